The Hall–Kier alpha value is -2.47. The Morgan fingerprint density at radius 1 is 1.33 bits per heavy atom. The molecule has 2 rings (SSSR count). The molecule has 5 nitrogen and oxygen atoms in total. The van der Waals surface area contributed by atoms with Gasteiger partial charge < -0.3 is 15.6 Å². The maximum Gasteiger partial charge on any atom is 0.251 e. The van der Waals surface area contributed by atoms with Gasteiger partial charge in [-0.05, 0) is 31.0 Å². The van der Waals surface area contributed by atoms with Crippen LogP contribution in [0.4, 0.5) is 5.69 Å². The van der Waals surface area contributed by atoms with Crippen molar-refractivity contribution in [3.8, 4) is 0 Å². The zero-order valence-corrected chi connectivity index (χ0v) is 14.6. The van der Waals surface area contributed by atoms with Crippen molar-refractivity contribution >= 4 is 28.8 Å². The van der Waals surface area contributed by atoms with Gasteiger partial charge in [0.15, 0.2) is 0 Å². The molecular weight excluding hydrogens is 322 g/mol. The van der Waals surface area contributed by atoms with Gasteiger partial charge in [0.1, 0.15) is 11.0 Å². The number of aromatic nitrogens is 1. The minimum Gasteiger partial charge on any atom is -0.389 e. The van der Waals surface area contributed by atoms with Gasteiger partial charge in [-0.2, -0.15) is 0 Å². The van der Waals surface area contributed by atoms with Crippen LogP contribution in [0.1, 0.15) is 36.9 Å². The second-order valence-electron chi connectivity index (χ2n) is 5.69. The fraction of sp³-hybridized carbons (Fsp3) is 0.278. The molecule has 1 amide bonds. The summed E-state index contributed by atoms with van der Waals surface area (Å²) in [5.41, 5.74) is 7.65. The fourth-order valence-corrected chi connectivity index (χ4v) is 2.63. The molecule has 0 spiro atoms. The number of anilines is 1. The maximum absolute atomic E-state index is 12.7. The van der Waals surface area contributed by atoms with Crippen molar-refractivity contribution in [2.24, 2.45) is 5.73 Å². The lowest BCUT2D eigenvalue weighted by atomic mass is 10.1. The van der Waals surface area contributed by atoms with Gasteiger partial charge in [-0.1, -0.05) is 43.8 Å². The van der Waals surface area contributed by atoms with Crippen LogP contribution in [0.25, 0.3) is 0 Å². The van der Waals surface area contributed by atoms with Crippen molar-refractivity contribution in [2.45, 2.75) is 32.7 Å². The number of pyridine rings is 1. The van der Waals surface area contributed by atoms with Crippen LogP contribution in [-0.4, -0.2) is 15.5 Å². The van der Waals surface area contributed by atoms with Gasteiger partial charge in [-0.3, -0.25) is 9.59 Å². The molecule has 0 bridgehead atoms. The van der Waals surface area contributed by atoms with Crippen molar-refractivity contribution in [3.63, 3.8) is 0 Å². The molecular formula is C18H21N3O2S. The summed E-state index contributed by atoms with van der Waals surface area (Å²) in [5, 5.41) is 2.85. The monoisotopic (exact) mass is 343 g/mol. The molecule has 126 valence electrons. The second kappa shape index (κ2) is 7.88. The standard InChI is InChI=1S/C18H21N3O2S/c1-3-5-15(21-11-12(2)8-9-16(21)22)18(23)20-14-7-4-6-13(10-14)17(19)24/h4,6-11,15H,3,5H2,1-2H3,(H2,19,24)(H,20,23). The Labute approximate surface area is 146 Å². The minimum atomic E-state index is -0.559. The van der Waals surface area contributed by atoms with E-state index in [2.05, 4.69) is 5.32 Å². The van der Waals surface area contributed by atoms with Crippen molar-refractivity contribution in [3.05, 3.63) is 64.1 Å². The van der Waals surface area contributed by atoms with Gasteiger partial charge in [-0.25, -0.2) is 0 Å². The molecule has 6 heteroatoms. The van der Waals surface area contributed by atoms with Crippen LogP contribution in [0.3, 0.4) is 0 Å². The quantitative estimate of drug-likeness (QED) is 0.791. The summed E-state index contributed by atoms with van der Waals surface area (Å²) in [7, 11) is 0. The normalized spacial score (nSPS) is 11.8. The lowest BCUT2D eigenvalue weighted by Gasteiger charge is -2.19. The predicted molar refractivity (Wildman–Crippen MR) is 100 cm³/mol. The number of hydrogen-bond acceptors (Lipinski definition) is 3. The predicted octanol–water partition coefficient (Wildman–Crippen LogP) is 2.77. The third kappa shape index (κ3) is 4.29. The molecule has 1 atom stereocenters. The molecule has 24 heavy (non-hydrogen) atoms. The summed E-state index contributed by atoms with van der Waals surface area (Å²) in [4.78, 5) is 25.1. The fourth-order valence-electron chi connectivity index (χ4n) is 2.50. The van der Waals surface area contributed by atoms with Crippen molar-refractivity contribution in [1.29, 1.82) is 0 Å². The summed E-state index contributed by atoms with van der Waals surface area (Å²) in [6.45, 7) is 3.87. The minimum absolute atomic E-state index is 0.189. The number of thiocarbonyl (C=S) groups is 1. The summed E-state index contributed by atoms with van der Waals surface area (Å²) in [6.07, 6.45) is 3.07. The van der Waals surface area contributed by atoms with Gasteiger partial charge >= 0.3 is 0 Å². The van der Waals surface area contributed by atoms with Gasteiger partial charge in [0.2, 0.25) is 5.91 Å². The first-order chi connectivity index (χ1) is 11.4. The molecule has 2 aromatic rings. The topological polar surface area (TPSA) is 77.1 Å². The van der Waals surface area contributed by atoms with E-state index in [1.54, 1.807) is 36.5 Å². The van der Waals surface area contributed by atoms with Gasteiger partial charge in [-0.15, -0.1) is 0 Å². The van der Waals surface area contributed by atoms with E-state index in [1.807, 2.05) is 13.8 Å². The third-order valence-corrected chi connectivity index (χ3v) is 3.94. The van der Waals surface area contributed by atoms with Crippen LogP contribution < -0.4 is 16.6 Å². The van der Waals surface area contributed by atoms with Crippen LogP contribution in [0.5, 0.6) is 0 Å². The number of nitrogens with zero attached hydrogens (tertiary/aromatic N) is 1. The lowest BCUT2D eigenvalue weighted by Crippen LogP contribution is -2.33. The molecule has 0 saturated carbocycles. The van der Waals surface area contributed by atoms with Crippen molar-refractivity contribution in [1.82, 2.24) is 4.57 Å². The van der Waals surface area contributed by atoms with E-state index in [4.69, 9.17) is 18.0 Å². The van der Waals surface area contributed by atoms with Gasteiger partial charge in [0.05, 0.1) is 0 Å². The number of aryl methyl sites for hydroxylation is 1. The highest BCUT2D eigenvalue weighted by Crippen LogP contribution is 2.17. The number of nitrogens with two attached hydrogens (primary N) is 1. The molecule has 0 radical (unpaired) electrons. The van der Waals surface area contributed by atoms with Crippen LogP contribution in [0, 0.1) is 6.92 Å². The Morgan fingerprint density at radius 2 is 2.08 bits per heavy atom. The Morgan fingerprint density at radius 3 is 2.75 bits per heavy atom. The number of hydrogen-bond donors (Lipinski definition) is 2. The summed E-state index contributed by atoms with van der Waals surface area (Å²) >= 11 is 4.96. The largest absolute Gasteiger partial charge is 0.389 e. The molecule has 0 saturated heterocycles. The summed E-state index contributed by atoms with van der Waals surface area (Å²) in [6, 6.07) is 9.72. The van der Waals surface area contributed by atoms with Crippen LogP contribution in [0.2, 0.25) is 0 Å². The molecule has 1 aromatic carbocycles. The summed E-state index contributed by atoms with van der Waals surface area (Å²) < 4.78 is 1.49. The smallest absolute Gasteiger partial charge is 0.251 e. The van der Waals surface area contributed by atoms with E-state index < -0.39 is 6.04 Å². The Balaban J connectivity index is 2.30. The van der Waals surface area contributed by atoms with E-state index in [0.717, 1.165) is 12.0 Å². The molecule has 1 aromatic heterocycles. The number of amides is 1. The molecule has 3 N–H and O–H groups in total. The first-order valence-electron chi connectivity index (χ1n) is 7.82. The maximum atomic E-state index is 12.7. The van der Waals surface area contributed by atoms with E-state index in [1.165, 1.54) is 10.6 Å². The number of rotatable bonds is 6. The first kappa shape index (κ1) is 17.9. The van der Waals surface area contributed by atoms with E-state index >= 15 is 0 Å². The molecule has 0 aliphatic rings. The van der Waals surface area contributed by atoms with Gasteiger partial charge in [0, 0.05) is 23.5 Å². The average Bonchev–Trinajstić information content (AvgIpc) is 2.55. The van der Waals surface area contributed by atoms with E-state index in [-0.39, 0.29) is 16.5 Å². The second-order valence-corrected chi connectivity index (χ2v) is 6.13. The zero-order valence-electron chi connectivity index (χ0n) is 13.8. The van der Waals surface area contributed by atoms with E-state index in [0.29, 0.717) is 17.7 Å². The Bertz CT molecular complexity index is 814. The molecule has 0 fully saturated rings. The molecule has 0 aliphatic carbocycles. The third-order valence-electron chi connectivity index (χ3n) is 3.70. The molecule has 1 unspecified atom stereocenters. The highest BCUT2D eigenvalue weighted by molar-refractivity contribution is 7.80. The summed E-state index contributed by atoms with van der Waals surface area (Å²) in [5.74, 6) is -0.232. The average molecular weight is 343 g/mol. The van der Waals surface area contributed by atoms with Crippen LogP contribution in [0.15, 0.2) is 47.4 Å². The van der Waals surface area contributed by atoms with Gasteiger partial charge in [0.25, 0.3) is 5.56 Å². The number of nitrogens with one attached hydrogen (secondary N) is 1. The molecule has 0 aliphatic heterocycles. The highest BCUT2D eigenvalue weighted by Gasteiger charge is 2.20. The van der Waals surface area contributed by atoms with Crippen molar-refractivity contribution in [2.75, 3.05) is 5.32 Å². The van der Waals surface area contributed by atoms with Crippen LogP contribution >= 0.6 is 12.2 Å². The lowest BCUT2D eigenvalue weighted by molar-refractivity contribution is -0.119. The first-order valence-corrected chi connectivity index (χ1v) is 8.22. The van der Waals surface area contributed by atoms with Crippen molar-refractivity contribution < 1.29 is 4.79 Å². The van der Waals surface area contributed by atoms with Crippen LogP contribution in [-0.2, 0) is 4.79 Å². The SMILES string of the molecule is CCCC(C(=O)Nc1cccc(C(N)=S)c1)n1cc(C)ccc1=O. The Kier molecular flexibility index (Phi) is 5.87. The highest BCUT2D eigenvalue weighted by atomic mass is 32.1. The number of benzene rings is 1. The molecule has 1 heterocycles. The number of carbonyl (C=O) groups excluding carboxylic acids is 1. The zero-order chi connectivity index (χ0) is 17.7. The van der Waals surface area contributed by atoms with E-state index in [9.17, 15) is 9.59 Å². The number of carbonyl (C=O) groups is 1.